The van der Waals surface area contributed by atoms with Crippen LogP contribution >= 0.6 is 7.60 Å². The Bertz CT molecular complexity index is 569. The molecule has 5 N–H and O–H groups in total. The van der Waals surface area contributed by atoms with E-state index in [-0.39, 0.29) is 12.2 Å². The number of hydrogen-bond donors (Lipinski definition) is 4. The summed E-state index contributed by atoms with van der Waals surface area (Å²) in [6.45, 7) is 0. The zero-order chi connectivity index (χ0) is 14.2. The number of nitrogens with two attached hydrogens (primary N) is 1. The fourth-order valence-corrected chi connectivity index (χ4v) is 2.58. The van der Waals surface area contributed by atoms with E-state index >= 15 is 0 Å². The fourth-order valence-electron chi connectivity index (χ4n) is 1.93. The van der Waals surface area contributed by atoms with Crippen molar-refractivity contribution in [3.05, 3.63) is 22.7 Å². The summed E-state index contributed by atoms with van der Waals surface area (Å²) in [4.78, 5) is 32.9. The standard InChI is InChI=1S/C9H14N3O6P/c10-6-3-4-12(9(14)11-6)7-2-1-5(18-7)8(13)19(15,16)17/h3-5,7-8,13H,1-2H2,(H2,10,11,14)(H2,15,16,17)/t5-,7+,8?/m0/s1. The van der Waals surface area contributed by atoms with Gasteiger partial charge in [-0.1, -0.05) is 0 Å². The molecule has 3 atom stereocenters. The minimum absolute atomic E-state index is 0.0750. The molecule has 1 aliphatic rings. The number of aliphatic hydroxyl groups excluding tert-OH is 1. The number of nitrogens with zero attached hydrogens (tertiary/aromatic N) is 2. The largest absolute Gasteiger partial charge is 0.383 e. The van der Waals surface area contributed by atoms with Crippen LogP contribution in [0.25, 0.3) is 0 Å². The van der Waals surface area contributed by atoms with Crippen molar-refractivity contribution in [2.45, 2.75) is 31.0 Å². The van der Waals surface area contributed by atoms with Gasteiger partial charge in [-0.3, -0.25) is 9.13 Å². The van der Waals surface area contributed by atoms with Crippen LogP contribution in [0.1, 0.15) is 19.1 Å². The molecule has 1 fully saturated rings. The Kier molecular flexibility index (Phi) is 3.75. The minimum Gasteiger partial charge on any atom is -0.383 e. The highest BCUT2D eigenvalue weighted by Gasteiger charge is 2.40. The molecule has 1 aliphatic heterocycles. The van der Waals surface area contributed by atoms with E-state index in [1.807, 2.05) is 0 Å². The van der Waals surface area contributed by atoms with Crippen molar-refractivity contribution in [3.8, 4) is 0 Å². The molecule has 0 saturated carbocycles. The van der Waals surface area contributed by atoms with Gasteiger partial charge >= 0.3 is 13.3 Å². The smallest absolute Gasteiger partial charge is 0.356 e. The molecule has 0 amide bonds. The van der Waals surface area contributed by atoms with Crippen LogP contribution in [0.5, 0.6) is 0 Å². The number of nitrogen functional groups attached to an aromatic ring is 1. The van der Waals surface area contributed by atoms with Crippen LogP contribution < -0.4 is 11.4 Å². The molecule has 2 rings (SSSR count). The van der Waals surface area contributed by atoms with Crippen LogP contribution in [0, 0.1) is 0 Å². The van der Waals surface area contributed by atoms with Gasteiger partial charge in [0.05, 0.1) is 6.10 Å². The van der Waals surface area contributed by atoms with E-state index in [1.54, 1.807) is 0 Å². The summed E-state index contributed by atoms with van der Waals surface area (Å²) >= 11 is 0. The van der Waals surface area contributed by atoms with Crippen LogP contribution in [0.2, 0.25) is 0 Å². The van der Waals surface area contributed by atoms with Crippen molar-refractivity contribution >= 4 is 13.4 Å². The maximum atomic E-state index is 11.6. The number of hydrogen-bond acceptors (Lipinski definition) is 6. The van der Waals surface area contributed by atoms with Gasteiger partial charge in [-0.05, 0) is 18.9 Å². The summed E-state index contributed by atoms with van der Waals surface area (Å²) in [5.41, 5.74) is 4.74. The molecular formula is C9H14N3O6P. The van der Waals surface area contributed by atoms with Crippen LogP contribution in [0.15, 0.2) is 17.1 Å². The highest BCUT2D eigenvalue weighted by atomic mass is 31.2. The van der Waals surface area contributed by atoms with Crippen molar-refractivity contribution in [1.82, 2.24) is 9.55 Å². The Balaban J connectivity index is 2.14. The quantitative estimate of drug-likeness (QED) is 0.518. The Morgan fingerprint density at radius 3 is 2.79 bits per heavy atom. The highest BCUT2D eigenvalue weighted by Crippen LogP contribution is 2.45. The lowest BCUT2D eigenvalue weighted by molar-refractivity contribution is -0.0423. The van der Waals surface area contributed by atoms with E-state index in [0.29, 0.717) is 6.42 Å². The van der Waals surface area contributed by atoms with Gasteiger partial charge in [0, 0.05) is 6.20 Å². The van der Waals surface area contributed by atoms with Gasteiger partial charge in [-0.15, -0.1) is 0 Å². The third kappa shape index (κ3) is 3.02. The molecule has 0 aromatic carbocycles. The Morgan fingerprint density at radius 1 is 1.53 bits per heavy atom. The second kappa shape index (κ2) is 5.03. The average molecular weight is 291 g/mol. The number of ether oxygens (including phenoxy) is 1. The summed E-state index contributed by atoms with van der Waals surface area (Å²) < 4.78 is 17.4. The predicted molar refractivity (Wildman–Crippen MR) is 64.1 cm³/mol. The molecule has 106 valence electrons. The molecule has 1 unspecified atom stereocenters. The average Bonchev–Trinajstić information content (AvgIpc) is 2.75. The zero-order valence-electron chi connectivity index (χ0n) is 9.79. The van der Waals surface area contributed by atoms with E-state index in [1.165, 1.54) is 16.8 Å². The number of rotatable bonds is 3. The van der Waals surface area contributed by atoms with E-state index in [9.17, 15) is 14.5 Å². The molecule has 2 heterocycles. The third-order valence-corrected chi connectivity index (χ3v) is 3.89. The first-order valence-corrected chi connectivity index (χ1v) is 7.20. The van der Waals surface area contributed by atoms with Gasteiger partial charge in [0.2, 0.25) is 0 Å². The van der Waals surface area contributed by atoms with E-state index in [2.05, 4.69) is 4.98 Å². The van der Waals surface area contributed by atoms with Crippen molar-refractivity contribution in [3.63, 3.8) is 0 Å². The van der Waals surface area contributed by atoms with E-state index < -0.39 is 31.5 Å². The molecule has 0 bridgehead atoms. The summed E-state index contributed by atoms with van der Waals surface area (Å²) in [6, 6.07) is 1.41. The zero-order valence-corrected chi connectivity index (χ0v) is 10.7. The normalized spacial score (nSPS) is 25.4. The maximum absolute atomic E-state index is 11.6. The molecular weight excluding hydrogens is 277 g/mol. The summed E-state index contributed by atoms with van der Waals surface area (Å²) in [5, 5.41) is 9.45. The first-order chi connectivity index (χ1) is 8.79. The summed E-state index contributed by atoms with van der Waals surface area (Å²) in [5.74, 6) is -1.82. The van der Waals surface area contributed by atoms with Gasteiger partial charge in [-0.2, -0.15) is 4.98 Å². The molecule has 1 aromatic rings. The number of anilines is 1. The summed E-state index contributed by atoms with van der Waals surface area (Å²) in [6.07, 6.45) is 0.227. The van der Waals surface area contributed by atoms with Crippen molar-refractivity contribution in [2.24, 2.45) is 0 Å². The Labute approximate surface area is 107 Å². The second-order valence-electron chi connectivity index (χ2n) is 4.25. The van der Waals surface area contributed by atoms with Crippen LogP contribution in [0.4, 0.5) is 5.82 Å². The van der Waals surface area contributed by atoms with Crippen molar-refractivity contribution < 1.29 is 24.2 Å². The van der Waals surface area contributed by atoms with E-state index in [0.717, 1.165) is 0 Å². The van der Waals surface area contributed by atoms with Gasteiger partial charge in [-0.25, -0.2) is 4.79 Å². The van der Waals surface area contributed by atoms with Gasteiger partial charge in [0.25, 0.3) is 0 Å². The first-order valence-electron chi connectivity index (χ1n) is 5.52. The first kappa shape index (κ1) is 14.2. The fraction of sp³-hybridized carbons (Fsp3) is 0.556. The molecule has 0 aliphatic carbocycles. The molecule has 19 heavy (non-hydrogen) atoms. The molecule has 1 saturated heterocycles. The number of aromatic nitrogens is 2. The van der Waals surface area contributed by atoms with Crippen LogP contribution in [-0.4, -0.2) is 36.4 Å². The predicted octanol–water partition coefficient (Wildman–Crippen LogP) is -1.00. The lowest BCUT2D eigenvalue weighted by Crippen LogP contribution is -2.30. The molecule has 0 spiro atoms. The molecule has 1 aromatic heterocycles. The second-order valence-corrected chi connectivity index (χ2v) is 5.96. The van der Waals surface area contributed by atoms with Gasteiger partial charge < -0.3 is 25.4 Å². The summed E-state index contributed by atoms with van der Waals surface area (Å²) in [7, 11) is -4.64. The monoisotopic (exact) mass is 291 g/mol. The molecule has 0 radical (unpaired) electrons. The topological polar surface area (TPSA) is 148 Å². The van der Waals surface area contributed by atoms with Crippen molar-refractivity contribution in [1.29, 1.82) is 0 Å². The molecule has 9 nitrogen and oxygen atoms in total. The van der Waals surface area contributed by atoms with Gasteiger partial charge in [0.1, 0.15) is 12.0 Å². The lowest BCUT2D eigenvalue weighted by atomic mass is 10.2. The SMILES string of the molecule is Nc1ccn([C@H]2CC[C@@H](C(O)P(=O)(O)O)O2)c(=O)n1. The van der Waals surface area contributed by atoms with Crippen LogP contribution in [0.3, 0.4) is 0 Å². The molecule has 10 heteroatoms. The minimum atomic E-state index is -4.64. The Morgan fingerprint density at radius 2 is 2.21 bits per heavy atom. The van der Waals surface area contributed by atoms with Gasteiger partial charge in [0.15, 0.2) is 5.85 Å². The maximum Gasteiger partial charge on any atom is 0.356 e. The number of aliphatic hydroxyl groups is 1. The third-order valence-electron chi connectivity index (χ3n) is 2.87. The van der Waals surface area contributed by atoms with Crippen LogP contribution in [-0.2, 0) is 9.30 Å². The Hall–Kier alpha value is -1.25. The highest BCUT2D eigenvalue weighted by molar-refractivity contribution is 7.52. The lowest BCUT2D eigenvalue weighted by Gasteiger charge is -2.20. The van der Waals surface area contributed by atoms with Crippen molar-refractivity contribution in [2.75, 3.05) is 5.73 Å². The van der Waals surface area contributed by atoms with E-state index in [4.69, 9.17) is 20.3 Å².